The third kappa shape index (κ3) is 8.90. The van der Waals surface area contributed by atoms with Crippen molar-refractivity contribution in [3.63, 3.8) is 0 Å². The maximum atomic E-state index is 13.6. The number of amides is 1. The maximum Gasteiger partial charge on any atom is 0.412 e. The lowest BCUT2D eigenvalue weighted by atomic mass is 9.85. The van der Waals surface area contributed by atoms with Gasteiger partial charge in [-0.1, -0.05) is 58.8 Å². The zero-order valence-electron chi connectivity index (χ0n) is 21.1. The van der Waals surface area contributed by atoms with Crippen molar-refractivity contribution in [1.29, 1.82) is 0 Å². The van der Waals surface area contributed by atoms with Crippen molar-refractivity contribution in [3.05, 3.63) is 29.1 Å². The van der Waals surface area contributed by atoms with E-state index in [0.717, 1.165) is 25.7 Å². The third-order valence-electron chi connectivity index (χ3n) is 6.32. The van der Waals surface area contributed by atoms with E-state index in [-0.39, 0.29) is 12.5 Å². The molecule has 0 saturated carbocycles. The normalized spacial score (nSPS) is 12.6. The molecule has 0 aliphatic rings. The minimum absolute atomic E-state index is 0.0943. The molecule has 1 amide bonds. The van der Waals surface area contributed by atoms with Crippen LogP contribution in [0.5, 0.6) is 5.75 Å². The van der Waals surface area contributed by atoms with Crippen molar-refractivity contribution < 1.29 is 41.0 Å². The molecule has 0 spiro atoms. The summed E-state index contributed by atoms with van der Waals surface area (Å²) in [7, 11) is 3.25. The first-order valence-corrected chi connectivity index (χ1v) is 12.3. The molecule has 1 N–H and O–H groups in total. The first-order valence-electron chi connectivity index (χ1n) is 12.3. The van der Waals surface area contributed by atoms with Crippen molar-refractivity contribution in [1.82, 2.24) is 5.32 Å². The monoisotopic (exact) mass is 511 g/mol. The summed E-state index contributed by atoms with van der Waals surface area (Å²) in [5.74, 6) is -13.3. The molecule has 202 valence electrons. The fourth-order valence-electron chi connectivity index (χ4n) is 4.26. The summed E-state index contributed by atoms with van der Waals surface area (Å²) < 4.78 is 82.7. The van der Waals surface area contributed by atoms with Crippen molar-refractivity contribution >= 4 is 6.09 Å². The van der Waals surface area contributed by atoms with E-state index in [1.807, 2.05) is 6.92 Å². The highest BCUT2D eigenvalue weighted by molar-refractivity contribution is 5.70. The summed E-state index contributed by atoms with van der Waals surface area (Å²) >= 11 is 0. The second kappa shape index (κ2) is 15.9. The number of nitrogens with one attached hydrogen (secondary N) is 1. The molecule has 0 aromatic heterocycles. The average Bonchev–Trinajstić information content (AvgIpc) is 2.86. The highest BCUT2D eigenvalue weighted by Crippen LogP contribution is 2.34. The number of methoxy groups -OCH3 is 2. The maximum absolute atomic E-state index is 13.6. The van der Waals surface area contributed by atoms with Gasteiger partial charge in [0.05, 0.1) is 0 Å². The van der Waals surface area contributed by atoms with Crippen molar-refractivity contribution in [2.24, 2.45) is 5.92 Å². The van der Waals surface area contributed by atoms with Crippen LogP contribution < -0.4 is 10.1 Å². The van der Waals surface area contributed by atoms with Crippen LogP contribution >= 0.6 is 0 Å². The molecule has 1 rings (SSSR count). The number of halogens is 5. The van der Waals surface area contributed by atoms with Crippen LogP contribution in [-0.2, 0) is 9.47 Å². The van der Waals surface area contributed by atoms with Crippen LogP contribution in [0.2, 0.25) is 0 Å². The Morgan fingerprint density at radius 3 is 1.77 bits per heavy atom. The topological polar surface area (TPSA) is 56.8 Å². The summed E-state index contributed by atoms with van der Waals surface area (Å²) in [6, 6.07) is 0. The van der Waals surface area contributed by atoms with Crippen molar-refractivity contribution in [2.75, 3.05) is 20.8 Å². The Bertz CT molecular complexity index is 752. The van der Waals surface area contributed by atoms with Crippen LogP contribution in [0.1, 0.15) is 84.5 Å². The molecule has 1 unspecified atom stereocenters. The van der Waals surface area contributed by atoms with Crippen LogP contribution in [-0.4, -0.2) is 32.6 Å². The molecule has 1 aromatic carbocycles. The molecule has 0 saturated heterocycles. The molecule has 1 aromatic rings. The van der Waals surface area contributed by atoms with Gasteiger partial charge in [0.1, 0.15) is 0 Å². The molecule has 0 heterocycles. The van der Waals surface area contributed by atoms with Gasteiger partial charge >= 0.3 is 6.09 Å². The lowest BCUT2D eigenvalue weighted by molar-refractivity contribution is -0.244. The van der Waals surface area contributed by atoms with Gasteiger partial charge in [-0.2, -0.15) is 8.78 Å². The number of hydrogen-bond donors (Lipinski definition) is 1. The van der Waals surface area contributed by atoms with Gasteiger partial charge in [0.25, 0.3) is 0 Å². The number of ether oxygens (including phenoxy) is 3. The zero-order valence-corrected chi connectivity index (χ0v) is 21.1. The minimum atomic E-state index is -2.32. The summed E-state index contributed by atoms with van der Waals surface area (Å²) in [6.07, 6.45) is 9.28. The molecular weight excluding hydrogens is 473 g/mol. The van der Waals surface area contributed by atoms with Crippen LogP contribution in [0.15, 0.2) is 0 Å². The van der Waals surface area contributed by atoms with E-state index >= 15 is 0 Å². The molecule has 0 fully saturated rings. The van der Waals surface area contributed by atoms with E-state index in [1.54, 1.807) is 14.2 Å². The average molecular weight is 512 g/mol. The van der Waals surface area contributed by atoms with Gasteiger partial charge in [-0.15, -0.1) is 0 Å². The second-order valence-corrected chi connectivity index (χ2v) is 8.54. The van der Waals surface area contributed by atoms with E-state index < -0.39 is 46.7 Å². The quantitative estimate of drug-likeness (QED) is 0.0778. The first-order chi connectivity index (χ1) is 16.7. The molecule has 0 aliphatic carbocycles. The molecule has 10 heteroatoms. The Kier molecular flexibility index (Phi) is 14.2. The van der Waals surface area contributed by atoms with Gasteiger partial charge in [-0.05, 0) is 25.7 Å². The summed E-state index contributed by atoms with van der Waals surface area (Å²) in [5, 5.41) is 2.27. The second-order valence-electron chi connectivity index (χ2n) is 8.54. The molecule has 1 atom stereocenters. The van der Waals surface area contributed by atoms with Gasteiger partial charge in [-0.3, -0.25) is 0 Å². The van der Waals surface area contributed by atoms with E-state index in [0.29, 0.717) is 19.3 Å². The predicted molar refractivity (Wildman–Crippen MR) is 123 cm³/mol. The van der Waals surface area contributed by atoms with Gasteiger partial charge in [0.2, 0.25) is 34.8 Å². The lowest BCUT2D eigenvalue weighted by Gasteiger charge is -2.38. The molecular formula is C25H38F5NO4. The fraction of sp³-hybridized carbons (Fsp3) is 0.720. The molecule has 0 radical (unpaired) electrons. The van der Waals surface area contributed by atoms with Crippen molar-refractivity contribution in [3.8, 4) is 5.75 Å². The number of hydrogen-bond acceptors (Lipinski definition) is 4. The number of benzene rings is 1. The Morgan fingerprint density at radius 2 is 1.26 bits per heavy atom. The molecule has 5 nitrogen and oxygen atoms in total. The van der Waals surface area contributed by atoms with Gasteiger partial charge in [0, 0.05) is 26.7 Å². The van der Waals surface area contributed by atoms with E-state index in [9.17, 15) is 26.7 Å². The van der Waals surface area contributed by atoms with Gasteiger partial charge < -0.3 is 19.5 Å². The van der Waals surface area contributed by atoms with Crippen LogP contribution in [0, 0.1) is 35.0 Å². The number of rotatable bonds is 17. The third-order valence-corrected chi connectivity index (χ3v) is 6.32. The highest BCUT2D eigenvalue weighted by Gasteiger charge is 2.36. The predicted octanol–water partition coefficient (Wildman–Crippen LogP) is 7.41. The lowest BCUT2D eigenvalue weighted by Crippen LogP contribution is -2.41. The first kappa shape index (κ1) is 31.1. The van der Waals surface area contributed by atoms with Crippen LogP contribution in [0.25, 0.3) is 0 Å². The summed E-state index contributed by atoms with van der Waals surface area (Å²) in [4.78, 5) is 11.8. The molecule has 35 heavy (non-hydrogen) atoms. The highest BCUT2D eigenvalue weighted by atomic mass is 19.2. The van der Waals surface area contributed by atoms with Gasteiger partial charge in [0.15, 0.2) is 5.79 Å². The van der Waals surface area contributed by atoms with Gasteiger partial charge in [-0.25, -0.2) is 18.0 Å². The van der Waals surface area contributed by atoms with E-state index in [4.69, 9.17) is 9.47 Å². The molecule has 0 bridgehead atoms. The number of carbonyl (C=O) groups excluding carboxylic acids is 1. The number of unbranched alkanes of at least 4 members (excludes halogenated alkanes) is 6. The molecule has 0 aliphatic heterocycles. The Hall–Kier alpha value is -1.94. The van der Waals surface area contributed by atoms with Crippen LogP contribution in [0.4, 0.5) is 26.7 Å². The van der Waals surface area contributed by atoms with E-state index in [2.05, 4.69) is 17.0 Å². The fourth-order valence-corrected chi connectivity index (χ4v) is 4.26. The Balaban J connectivity index is 2.57. The summed E-state index contributed by atoms with van der Waals surface area (Å²) in [5.41, 5.74) is 0. The number of carbonyl (C=O) groups is 1. The zero-order chi connectivity index (χ0) is 26.4. The smallest absolute Gasteiger partial charge is 0.404 e. The Labute approximate surface area is 204 Å². The SMILES string of the molecule is CCCCCCCCC(CCCCNC(=O)Oc1c(F)c(F)c(F)c(F)c1F)C(CC)(OC)OC. The Morgan fingerprint density at radius 1 is 0.771 bits per heavy atom. The van der Waals surface area contributed by atoms with Crippen LogP contribution in [0.3, 0.4) is 0 Å². The van der Waals surface area contributed by atoms with Crippen molar-refractivity contribution in [2.45, 2.75) is 90.3 Å². The summed E-state index contributed by atoms with van der Waals surface area (Å²) in [6.45, 7) is 4.27. The van der Waals surface area contributed by atoms with E-state index in [1.165, 1.54) is 25.7 Å². The minimum Gasteiger partial charge on any atom is -0.404 e. The standard InChI is InChI=1S/C25H38F5NO4/c1-5-7-8-9-10-11-14-17(25(6-2,33-3)34-4)15-12-13-16-31-24(32)35-23-21(29)19(27)18(26)20(28)22(23)30/h17H,5-16H2,1-4H3,(H,31,32). The largest absolute Gasteiger partial charge is 0.412 e.